The Balaban J connectivity index is 2.39. The molecular weight excluding hydrogens is 280 g/mol. The largest absolute Gasteiger partial charge is 0.496 e. The van der Waals surface area contributed by atoms with E-state index in [4.69, 9.17) is 9.15 Å². The summed E-state index contributed by atoms with van der Waals surface area (Å²) in [7, 11) is 1.62. The topological polar surface area (TPSA) is 57.3 Å². The number of ether oxygens (including phenoxy) is 1. The van der Waals surface area contributed by atoms with E-state index >= 15 is 0 Å². The Morgan fingerprint density at radius 2 is 1.86 bits per heavy atom. The molecule has 0 spiro atoms. The predicted molar refractivity (Wildman–Crippen MR) is 85.1 cm³/mol. The monoisotopic (exact) mass is 298 g/mol. The molecule has 3 aromatic rings. The molecule has 0 N–H and O–H groups in total. The van der Waals surface area contributed by atoms with Gasteiger partial charge in [0.1, 0.15) is 11.3 Å². The van der Waals surface area contributed by atoms with Gasteiger partial charge in [-0.3, -0.25) is 0 Å². The van der Waals surface area contributed by atoms with Crippen LogP contribution in [0.5, 0.6) is 5.75 Å². The number of rotatable bonds is 2. The molecule has 2 heterocycles. The molecule has 2 aromatic heterocycles. The Labute approximate surface area is 128 Å². The molecule has 0 fully saturated rings. The fourth-order valence-corrected chi connectivity index (χ4v) is 2.60. The highest BCUT2D eigenvalue weighted by Gasteiger charge is 2.15. The van der Waals surface area contributed by atoms with Crippen LogP contribution in [0.2, 0.25) is 0 Å². The lowest BCUT2D eigenvalue weighted by Crippen LogP contribution is -2.07. The zero-order valence-electron chi connectivity index (χ0n) is 13.4. The lowest BCUT2D eigenvalue weighted by atomic mass is 10.1. The van der Waals surface area contributed by atoms with Crippen LogP contribution in [0.25, 0.3) is 16.7 Å². The highest BCUT2D eigenvalue weighted by atomic mass is 16.5. The minimum atomic E-state index is -0.317. The Bertz CT molecular complexity index is 935. The first-order chi connectivity index (χ1) is 10.4. The number of nitrogens with zero attached hydrogens (tertiary/aromatic N) is 2. The minimum absolute atomic E-state index is 0.317. The van der Waals surface area contributed by atoms with Crippen LogP contribution in [0.3, 0.4) is 0 Å². The van der Waals surface area contributed by atoms with Gasteiger partial charge in [0.05, 0.1) is 30.2 Å². The first kappa shape index (κ1) is 14.4. The molecule has 0 radical (unpaired) electrons. The Morgan fingerprint density at radius 1 is 1.14 bits per heavy atom. The van der Waals surface area contributed by atoms with Gasteiger partial charge in [0.25, 0.3) is 0 Å². The van der Waals surface area contributed by atoms with Crippen LogP contribution in [-0.4, -0.2) is 16.7 Å². The SMILES string of the molecule is COc1cc(-n2cnc(C)c2C)cc2oc(=O)c(C)c(C)c12. The molecule has 0 saturated heterocycles. The van der Waals surface area contributed by atoms with Gasteiger partial charge in [-0.25, -0.2) is 9.78 Å². The van der Waals surface area contributed by atoms with Crippen molar-refractivity contribution in [1.82, 2.24) is 9.55 Å². The standard InChI is InChI=1S/C17H18N2O3/c1-9-10(2)17(20)22-15-7-13(6-14(21-5)16(9)15)19-8-18-11(3)12(19)4/h6-8H,1-5H3. The summed E-state index contributed by atoms with van der Waals surface area (Å²) in [5.74, 6) is 0.683. The Hall–Kier alpha value is -2.56. The molecule has 0 atom stereocenters. The molecule has 0 amide bonds. The number of fused-ring (bicyclic) bond motifs is 1. The fraction of sp³-hybridized carbons (Fsp3) is 0.294. The van der Waals surface area contributed by atoms with E-state index in [1.807, 2.05) is 37.5 Å². The van der Waals surface area contributed by atoms with E-state index in [1.54, 1.807) is 20.4 Å². The maximum Gasteiger partial charge on any atom is 0.339 e. The van der Waals surface area contributed by atoms with Gasteiger partial charge < -0.3 is 13.7 Å². The quantitative estimate of drug-likeness (QED) is 0.682. The van der Waals surface area contributed by atoms with Crippen LogP contribution in [0.4, 0.5) is 0 Å². The number of aromatic nitrogens is 2. The van der Waals surface area contributed by atoms with Gasteiger partial charge in [0.15, 0.2) is 0 Å². The first-order valence-corrected chi connectivity index (χ1v) is 7.07. The van der Waals surface area contributed by atoms with E-state index in [2.05, 4.69) is 4.98 Å². The maximum absolute atomic E-state index is 11.9. The van der Waals surface area contributed by atoms with E-state index in [1.165, 1.54) is 0 Å². The summed E-state index contributed by atoms with van der Waals surface area (Å²) in [6.07, 6.45) is 1.75. The van der Waals surface area contributed by atoms with Crippen molar-refractivity contribution in [3.05, 3.63) is 51.4 Å². The zero-order chi connectivity index (χ0) is 16.0. The van der Waals surface area contributed by atoms with Gasteiger partial charge >= 0.3 is 5.63 Å². The molecule has 0 unspecified atom stereocenters. The van der Waals surface area contributed by atoms with Crippen molar-refractivity contribution in [1.29, 1.82) is 0 Å². The van der Waals surface area contributed by atoms with Crippen molar-refractivity contribution < 1.29 is 9.15 Å². The van der Waals surface area contributed by atoms with Crippen molar-refractivity contribution in [2.75, 3.05) is 7.11 Å². The van der Waals surface area contributed by atoms with Crippen LogP contribution in [-0.2, 0) is 0 Å². The van der Waals surface area contributed by atoms with Gasteiger partial charge in [-0.05, 0) is 33.3 Å². The molecular formula is C17H18N2O3. The smallest absolute Gasteiger partial charge is 0.339 e. The van der Waals surface area contributed by atoms with E-state index < -0.39 is 0 Å². The van der Waals surface area contributed by atoms with E-state index in [0.717, 1.165) is 28.0 Å². The van der Waals surface area contributed by atoms with E-state index in [-0.39, 0.29) is 5.63 Å². The number of hydrogen-bond donors (Lipinski definition) is 0. The van der Waals surface area contributed by atoms with Gasteiger partial charge in [-0.15, -0.1) is 0 Å². The average Bonchev–Trinajstić information content (AvgIpc) is 2.83. The van der Waals surface area contributed by atoms with Crippen LogP contribution >= 0.6 is 0 Å². The number of methoxy groups -OCH3 is 1. The average molecular weight is 298 g/mol. The molecule has 3 rings (SSSR count). The molecule has 5 nitrogen and oxygen atoms in total. The van der Waals surface area contributed by atoms with Crippen LogP contribution in [0.15, 0.2) is 27.7 Å². The van der Waals surface area contributed by atoms with Gasteiger partial charge in [-0.2, -0.15) is 0 Å². The molecule has 0 bridgehead atoms. The third-order valence-electron chi connectivity index (χ3n) is 4.25. The molecule has 1 aromatic carbocycles. The minimum Gasteiger partial charge on any atom is -0.496 e. The summed E-state index contributed by atoms with van der Waals surface area (Å²) >= 11 is 0. The number of aryl methyl sites for hydroxylation is 2. The molecule has 0 aliphatic heterocycles. The second kappa shape index (κ2) is 5.02. The summed E-state index contributed by atoms with van der Waals surface area (Å²) in [5.41, 5.74) is 4.54. The van der Waals surface area contributed by atoms with Gasteiger partial charge in [-0.1, -0.05) is 0 Å². The Morgan fingerprint density at radius 3 is 2.45 bits per heavy atom. The van der Waals surface area contributed by atoms with Crippen LogP contribution in [0.1, 0.15) is 22.5 Å². The predicted octanol–water partition coefficient (Wildman–Crippen LogP) is 3.22. The van der Waals surface area contributed by atoms with Crippen LogP contribution < -0.4 is 10.4 Å². The molecule has 22 heavy (non-hydrogen) atoms. The third-order valence-corrected chi connectivity index (χ3v) is 4.25. The number of benzene rings is 1. The van der Waals surface area contributed by atoms with E-state index in [9.17, 15) is 4.79 Å². The molecule has 0 aliphatic rings. The third kappa shape index (κ3) is 2.01. The fourth-order valence-electron chi connectivity index (χ4n) is 2.60. The van der Waals surface area contributed by atoms with Crippen molar-refractivity contribution in [2.45, 2.75) is 27.7 Å². The molecule has 0 saturated carbocycles. The van der Waals surface area contributed by atoms with Gasteiger partial charge in [0, 0.05) is 23.4 Å². The summed E-state index contributed by atoms with van der Waals surface area (Å²) in [5, 5.41) is 0.831. The lowest BCUT2D eigenvalue weighted by molar-refractivity contribution is 0.418. The van der Waals surface area contributed by atoms with Crippen molar-refractivity contribution in [3.8, 4) is 11.4 Å². The number of imidazole rings is 1. The number of hydrogen-bond acceptors (Lipinski definition) is 4. The van der Waals surface area contributed by atoms with Crippen molar-refractivity contribution >= 4 is 11.0 Å². The van der Waals surface area contributed by atoms with E-state index in [0.29, 0.717) is 16.9 Å². The summed E-state index contributed by atoms with van der Waals surface area (Å²) < 4.78 is 12.9. The zero-order valence-corrected chi connectivity index (χ0v) is 13.4. The van der Waals surface area contributed by atoms with Crippen molar-refractivity contribution in [2.24, 2.45) is 0 Å². The van der Waals surface area contributed by atoms with Crippen molar-refractivity contribution in [3.63, 3.8) is 0 Å². The van der Waals surface area contributed by atoms with Gasteiger partial charge in [0.2, 0.25) is 0 Å². The molecule has 0 aliphatic carbocycles. The first-order valence-electron chi connectivity index (χ1n) is 7.07. The summed E-state index contributed by atoms with van der Waals surface area (Å²) in [4.78, 5) is 16.3. The molecule has 5 heteroatoms. The second-order valence-corrected chi connectivity index (χ2v) is 5.45. The maximum atomic E-state index is 11.9. The summed E-state index contributed by atoms with van der Waals surface area (Å²) in [6.45, 7) is 7.62. The highest BCUT2D eigenvalue weighted by Crippen LogP contribution is 2.32. The Kier molecular flexibility index (Phi) is 3.28. The molecule has 114 valence electrons. The summed E-state index contributed by atoms with van der Waals surface area (Å²) in [6, 6.07) is 3.78. The normalized spacial score (nSPS) is 11.1. The lowest BCUT2D eigenvalue weighted by Gasteiger charge is -2.13. The second-order valence-electron chi connectivity index (χ2n) is 5.45. The van der Waals surface area contributed by atoms with Crippen LogP contribution in [0, 0.1) is 27.7 Å². The highest BCUT2D eigenvalue weighted by molar-refractivity contribution is 5.89.